The minimum absolute atomic E-state index is 0.386. The summed E-state index contributed by atoms with van der Waals surface area (Å²) in [5, 5.41) is 7.56. The first-order valence-electron chi connectivity index (χ1n) is 3.11. The van der Waals surface area contributed by atoms with Crippen molar-refractivity contribution in [1.29, 1.82) is 0 Å². The van der Waals surface area contributed by atoms with Crippen LogP contribution in [-0.2, 0) is 0 Å². The van der Waals surface area contributed by atoms with E-state index in [-0.39, 0.29) is 0 Å². The van der Waals surface area contributed by atoms with Crippen molar-refractivity contribution in [2.75, 3.05) is 0 Å². The zero-order chi connectivity index (χ0) is 9.42. The Kier molecular flexibility index (Phi) is 2.87. The highest BCUT2D eigenvalue weighted by Gasteiger charge is 2.13. The van der Waals surface area contributed by atoms with E-state index in [0.29, 0.717) is 10.7 Å². The third-order valence-corrected chi connectivity index (χ3v) is 3.95. The molecule has 0 N–H and O–H groups in total. The van der Waals surface area contributed by atoms with Crippen molar-refractivity contribution in [3.63, 3.8) is 0 Å². The van der Waals surface area contributed by atoms with Crippen LogP contribution in [0, 0.1) is 0 Å². The number of hydrogen-bond acceptors (Lipinski definition) is 4. The normalized spacial score (nSPS) is 10.7. The molecule has 2 heterocycles. The molecule has 0 aliphatic rings. The van der Waals surface area contributed by atoms with Gasteiger partial charge >= 0.3 is 0 Å². The number of aromatic nitrogens is 2. The second kappa shape index (κ2) is 3.80. The minimum atomic E-state index is 0.386. The van der Waals surface area contributed by atoms with Crippen molar-refractivity contribution in [3.8, 4) is 11.5 Å². The van der Waals surface area contributed by atoms with E-state index >= 15 is 0 Å². The van der Waals surface area contributed by atoms with Gasteiger partial charge in [-0.1, -0.05) is 0 Å². The quantitative estimate of drug-likeness (QED) is 0.738. The van der Waals surface area contributed by atoms with Gasteiger partial charge in [0, 0.05) is 15.9 Å². The van der Waals surface area contributed by atoms with E-state index in [1.807, 2.05) is 6.07 Å². The van der Waals surface area contributed by atoms with Gasteiger partial charge in [0.15, 0.2) is 0 Å². The van der Waals surface area contributed by atoms with Crippen LogP contribution >= 0.6 is 59.1 Å². The molecule has 0 saturated heterocycles. The Hall–Kier alpha value is 0.280. The Labute approximate surface area is 103 Å². The summed E-state index contributed by atoms with van der Waals surface area (Å²) in [6.45, 7) is 0. The molecular weight excluding hydrogens is 388 g/mol. The van der Waals surface area contributed by atoms with Gasteiger partial charge < -0.3 is 4.42 Å². The van der Waals surface area contributed by atoms with Crippen molar-refractivity contribution in [2.45, 2.75) is 0 Å². The van der Waals surface area contributed by atoms with Crippen LogP contribution in [-0.4, -0.2) is 10.2 Å². The lowest BCUT2D eigenvalue weighted by atomic mass is 10.3. The predicted molar refractivity (Wildman–Crippen MR) is 60.7 cm³/mol. The molecule has 0 bridgehead atoms. The van der Waals surface area contributed by atoms with Crippen molar-refractivity contribution < 1.29 is 4.42 Å². The number of halogens is 3. The van der Waals surface area contributed by atoms with Gasteiger partial charge in [-0.25, -0.2) is 0 Å². The first-order chi connectivity index (χ1) is 6.16. The third-order valence-electron chi connectivity index (χ3n) is 1.29. The lowest BCUT2D eigenvalue weighted by molar-refractivity contribution is 0.540. The molecule has 2 aromatic rings. The average Bonchev–Trinajstić information content (AvgIpc) is 2.58. The molecule has 0 spiro atoms. The summed E-state index contributed by atoms with van der Waals surface area (Å²) in [4.78, 5) is 0.386. The van der Waals surface area contributed by atoms with E-state index in [1.54, 1.807) is 11.3 Å². The van der Waals surface area contributed by atoms with Gasteiger partial charge in [-0.15, -0.1) is 21.5 Å². The molecule has 0 atom stereocenters. The van der Waals surface area contributed by atoms with Gasteiger partial charge in [-0.3, -0.25) is 0 Å². The molecule has 13 heavy (non-hydrogen) atoms. The highest BCUT2D eigenvalue weighted by molar-refractivity contribution is 9.12. The highest BCUT2D eigenvalue weighted by Crippen LogP contribution is 2.38. The number of rotatable bonds is 1. The first kappa shape index (κ1) is 9.82. The van der Waals surface area contributed by atoms with Crippen LogP contribution in [0.3, 0.4) is 0 Å². The van der Waals surface area contributed by atoms with Gasteiger partial charge in [0.25, 0.3) is 10.7 Å². The van der Waals surface area contributed by atoms with Crippen LogP contribution < -0.4 is 0 Å². The van der Waals surface area contributed by atoms with Crippen LogP contribution in [0.4, 0.5) is 0 Å². The molecule has 0 fully saturated rings. The molecule has 2 aromatic heterocycles. The second-order valence-corrected chi connectivity index (χ2v) is 6.53. The zero-order valence-corrected chi connectivity index (χ0v) is 11.5. The Balaban J connectivity index is 2.51. The summed E-state index contributed by atoms with van der Waals surface area (Å²) >= 11 is 11.4. The van der Waals surface area contributed by atoms with E-state index in [0.717, 1.165) is 13.1 Å². The number of nitrogens with zero attached hydrogens (tertiary/aromatic N) is 2. The average molecular weight is 389 g/mol. The molecule has 7 heteroatoms. The molecule has 2 rings (SSSR count). The summed E-state index contributed by atoms with van der Waals surface area (Å²) in [7, 11) is 0. The summed E-state index contributed by atoms with van der Waals surface area (Å²) in [5.41, 5.74) is 0.898. The Morgan fingerprint density at radius 1 is 1.23 bits per heavy atom. The van der Waals surface area contributed by atoms with Gasteiger partial charge in [0.2, 0.25) is 0 Å². The maximum Gasteiger partial charge on any atom is 0.285 e. The van der Waals surface area contributed by atoms with Crippen LogP contribution in [0.2, 0.25) is 0 Å². The summed E-state index contributed by atoms with van der Waals surface area (Å²) in [6, 6.07) is 1.93. The summed E-state index contributed by atoms with van der Waals surface area (Å²) in [6.07, 6.45) is 0. The van der Waals surface area contributed by atoms with Crippen LogP contribution in [0.15, 0.2) is 22.9 Å². The second-order valence-electron chi connectivity index (χ2n) is 2.10. The van der Waals surface area contributed by atoms with E-state index < -0.39 is 0 Å². The fourth-order valence-electron chi connectivity index (χ4n) is 0.800. The van der Waals surface area contributed by atoms with Crippen LogP contribution in [0.25, 0.3) is 11.5 Å². The topological polar surface area (TPSA) is 38.9 Å². The molecule has 0 aliphatic heterocycles. The molecule has 0 aromatic carbocycles. The minimum Gasteiger partial charge on any atom is -0.411 e. The van der Waals surface area contributed by atoms with Crippen molar-refractivity contribution in [3.05, 3.63) is 18.4 Å². The molecule has 0 radical (unpaired) electrons. The number of thiophene rings is 1. The van der Waals surface area contributed by atoms with Gasteiger partial charge in [0.05, 0.1) is 13.1 Å². The molecule has 0 aliphatic carbocycles. The van der Waals surface area contributed by atoms with Gasteiger partial charge in [-0.2, -0.15) is 0 Å². The molecular formula is C6HBr3N2OS. The summed E-state index contributed by atoms with van der Waals surface area (Å²) in [5.74, 6) is 0.501. The number of hydrogen-bond donors (Lipinski definition) is 0. The molecule has 68 valence electrons. The van der Waals surface area contributed by atoms with E-state index in [2.05, 4.69) is 58.0 Å². The molecule has 0 unspecified atom stereocenters. The van der Waals surface area contributed by atoms with Crippen molar-refractivity contribution in [1.82, 2.24) is 10.2 Å². The van der Waals surface area contributed by atoms with E-state index in [4.69, 9.17) is 4.42 Å². The van der Waals surface area contributed by atoms with Gasteiger partial charge in [0.1, 0.15) is 0 Å². The zero-order valence-electron chi connectivity index (χ0n) is 5.92. The molecule has 0 saturated carbocycles. The SMILES string of the molecule is Brc1nnc(-c2cc(Br)sc2Br)o1. The molecule has 3 nitrogen and oxygen atoms in total. The largest absolute Gasteiger partial charge is 0.411 e. The standard InChI is InChI=1S/C6HBr3N2OS/c7-3-1-2(4(8)13-3)5-10-11-6(9)12-5/h1H. The maximum atomic E-state index is 5.21. The Morgan fingerprint density at radius 3 is 2.46 bits per heavy atom. The Bertz CT molecular complexity index is 439. The smallest absolute Gasteiger partial charge is 0.285 e. The van der Waals surface area contributed by atoms with E-state index in [1.165, 1.54) is 0 Å². The Morgan fingerprint density at radius 2 is 2.00 bits per heavy atom. The van der Waals surface area contributed by atoms with Crippen molar-refractivity contribution in [2.24, 2.45) is 0 Å². The monoisotopic (exact) mass is 386 g/mol. The highest BCUT2D eigenvalue weighted by atomic mass is 79.9. The van der Waals surface area contributed by atoms with E-state index in [9.17, 15) is 0 Å². The lowest BCUT2D eigenvalue weighted by Crippen LogP contribution is -1.73. The van der Waals surface area contributed by atoms with Crippen LogP contribution in [0.1, 0.15) is 0 Å². The van der Waals surface area contributed by atoms with Crippen LogP contribution in [0.5, 0.6) is 0 Å². The maximum absolute atomic E-state index is 5.21. The predicted octanol–water partition coefficient (Wildman–Crippen LogP) is 4.09. The fourth-order valence-corrected chi connectivity index (χ4v) is 3.81. The fraction of sp³-hybridized carbons (Fsp3) is 0. The first-order valence-corrected chi connectivity index (χ1v) is 6.30. The van der Waals surface area contributed by atoms with Gasteiger partial charge in [-0.05, 0) is 37.9 Å². The molecule has 0 amide bonds. The summed E-state index contributed by atoms with van der Waals surface area (Å²) < 4.78 is 7.20. The van der Waals surface area contributed by atoms with Crippen molar-refractivity contribution >= 4 is 59.1 Å². The lowest BCUT2D eigenvalue weighted by Gasteiger charge is -1.87. The third kappa shape index (κ3) is 2.03.